The number of carboxylic acid groups (broad SMARTS) is 1. The van der Waals surface area contributed by atoms with Crippen LogP contribution in [0.15, 0.2) is 42.5 Å². The predicted molar refractivity (Wildman–Crippen MR) is 161 cm³/mol. The first-order valence-electron chi connectivity index (χ1n) is 14.5. The molecule has 2 N–H and O–H groups in total. The summed E-state index contributed by atoms with van der Waals surface area (Å²) in [7, 11) is 1.78. The number of aliphatic carboxylic acids is 1. The number of hydrogen-bond donors (Lipinski definition) is 2. The minimum absolute atomic E-state index is 0.176. The van der Waals surface area contributed by atoms with Gasteiger partial charge in [-0.3, -0.25) is 9.69 Å². The van der Waals surface area contributed by atoms with Crippen LogP contribution < -0.4 is 5.32 Å². The van der Waals surface area contributed by atoms with Crippen LogP contribution in [0.4, 0.5) is 0 Å². The molecule has 2 aliphatic rings. The molecular formula is C32H44N2O5S. The average molecular weight is 569 g/mol. The van der Waals surface area contributed by atoms with Crippen molar-refractivity contribution in [1.29, 1.82) is 0 Å². The van der Waals surface area contributed by atoms with Crippen LogP contribution in [0.25, 0.3) is 11.1 Å². The zero-order valence-corrected chi connectivity index (χ0v) is 24.9. The normalized spacial score (nSPS) is 20.9. The van der Waals surface area contributed by atoms with Gasteiger partial charge in [0.2, 0.25) is 0 Å². The Kier molecular flexibility index (Phi) is 11.5. The van der Waals surface area contributed by atoms with Crippen LogP contribution >= 0.6 is 11.8 Å². The lowest BCUT2D eigenvalue weighted by atomic mass is 9.93. The number of nitrogens with one attached hydrogen (secondary N) is 1. The topological polar surface area (TPSA) is 88.1 Å². The van der Waals surface area contributed by atoms with Crippen molar-refractivity contribution in [2.45, 2.75) is 82.7 Å². The van der Waals surface area contributed by atoms with E-state index in [9.17, 15) is 14.7 Å². The van der Waals surface area contributed by atoms with Gasteiger partial charge in [-0.25, -0.2) is 4.79 Å². The number of aryl methyl sites for hydroxylation is 1. The molecule has 2 aromatic rings. The molecule has 2 fully saturated rings. The van der Waals surface area contributed by atoms with Gasteiger partial charge in [0.25, 0.3) is 5.91 Å². The summed E-state index contributed by atoms with van der Waals surface area (Å²) in [5, 5.41) is 12.4. The van der Waals surface area contributed by atoms with Crippen molar-refractivity contribution in [3.8, 4) is 11.1 Å². The van der Waals surface area contributed by atoms with Gasteiger partial charge < -0.3 is 19.9 Å². The van der Waals surface area contributed by atoms with Gasteiger partial charge in [0.1, 0.15) is 6.04 Å². The number of nitrogens with zero attached hydrogens (tertiary/aromatic N) is 1. The Balaban J connectivity index is 1.56. The van der Waals surface area contributed by atoms with Gasteiger partial charge in [0.15, 0.2) is 0 Å². The van der Waals surface area contributed by atoms with Gasteiger partial charge in [0, 0.05) is 31.8 Å². The molecule has 1 aliphatic carbocycles. The summed E-state index contributed by atoms with van der Waals surface area (Å²) in [6.07, 6.45) is 9.93. The molecular weight excluding hydrogens is 524 g/mol. The smallest absolute Gasteiger partial charge is 0.326 e. The molecule has 1 amide bonds. The van der Waals surface area contributed by atoms with E-state index >= 15 is 0 Å². The molecule has 1 aliphatic heterocycles. The maximum absolute atomic E-state index is 13.4. The number of rotatable bonds is 13. The minimum atomic E-state index is -1.01. The third-order valence-corrected chi connectivity index (χ3v) is 8.91. The van der Waals surface area contributed by atoms with Crippen molar-refractivity contribution in [3.63, 3.8) is 0 Å². The third-order valence-electron chi connectivity index (χ3n) is 8.26. The summed E-state index contributed by atoms with van der Waals surface area (Å²) in [6, 6.07) is 13.3. The van der Waals surface area contributed by atoms with Crippen LogP contribution in [-0.2, 0) is 20.8 Å². The van der Waals surface area contributed by atoms with Crippen LogP contribution in [-0.4, -0.2) is 78.4 Å². The van der Waals surface area contributed by atoms with Crippen molar-refractivity contribution in [1.82, 2.24) is 10.2 Å². The Hall–Kier alpha value is -2.39. The maximum atomic E-state index is 13.4. The second-order valence-electron chi connectivity index (χ2n) is 11.1. The van der Waals surface area contributed by atoms with E-state index in [4.69, 9.17) is 9.47 Å². The number of carbonyl (C=O) groups is 2. The molecule has 40 heavy (non-hydrogen) atoms. The fourth-order valence-corrected chi connectivity index (χ4v) is 6.38. The number of ether oxygens (including phenoxy) is 2. The number of thioether (sulfide) groups is 1. The van der Waals surface area contributed by atoms with Gasteiger partial charge in [-0.05, 0) is 79.0 Å². The Morgan fingerprint density at radius 3 is 2.58 bits per heavy atom. The summed E-state index contributed by atoms with van der Waals surface area (Å²) >= 11 is 1.57. The van der Waals surface area contributed by atoms with Crippen LogP contribution in [0.5, 0.6) is 0 Å². The highest BCUT2D eigenvalue weighted by Gasteiger charge is 2.33. The maximum Gasteiger partial charge on any atom is 0.326 e. The van der Waals surface area contributed by atoms with E-state index in [0.29, 0.717) is 30.4 Å². The highest BCUT2D eigenvalue weighted by atomic mass is 32.2. The molecule has 1 saturated carbocycles. The number of methoxy groups -OCH3 is 1. The van der Waals surface area contributed by atoms with Crippen LogP contribution in [0, 0.1) is 6.92 Å². The number of benzene rings is 2. The molecule has 1 heterocycles. The zero-order valence-electron chi connectivity index (χ0n) is 24.1. The lowest BCUT2D eigenvalue weighted by molar-refractivity contribution is -0.139. The van der Waals surface area contributed by atoms with Crippen molar-refractivity contribution in [2.75, 3.05) is 32.3 Å². The number of carboxylic acids is 1. The summed E-state index contributed by atoms with van der Waals surface area (Å²) in [6.45, 7) is 4.31. The summed E-state index contributed by atoms with van der Waals surface area (Å²) in [4.78, 5) is 27.7. The minimum Gasteiger partial charge on any atom is -0.480 e. The molecule has 2 unspecified atom stereocenters. The first-order chi connectivity index (χ1) is 19.4. The van der Waals surface area contributed by atoms with Gasteiger partial charge in [-0.1, -0.05) is 49.6 Å². The van der Waals surface area contributed by atoms with E-state index in [2.05, 4.69) is 16.3 Å². The number of likely N-dealkylation sites (tertiary alicyclic amines) is 1. The van der Waals surface area contributed by atoms with Gasteiger partial charge in [0.05, 0.1) is 18.8 Å². The lowest BCUT2D eigenvalue weighted by Crippen LogP contribution is -2.41. The van der Waals surface area contributed by atoms with Gasteiger partial charge >= 0.3 is 5.97 Å². The van der Waals surface area contributed by atoms with E-state index in [-0.39, 0.29) is 18.1 Å². The Labute approximate surface area is 243 Å². The van der Waals surface area contributed by atoms with Crippen molar-refractivity contribution in [3.05, 3.63) is 59.2 Å². The van der Waals surface area contributed by atoms with Crippen LogP contribution in [0.2, 0.25) is 0 Å². The fourth-order valence-electron chi connectivity index (χ4n) is 5.90. The number of carbonyl (C=O) groups excluding carboxylic acids is 1. The van der Waals surface area contributed by atoms with E-state index in [1.54, 1.807) is 18.9 Å². The third kappa shape index (κ3) is 8.09. The van der Waals surface area contributed by atoms with Crippen molar-refractivity contribution in [2.24, 2.45) is 0 Å². The molecule has 4 rings (SSSR count). The van der Waals surface area contributed by atoms with E-state index < -0.39 is 12.0 Å². The number of hydrogen-bond acceptors (Lipinski definition) is 6. The molecule has 7 nitrogen and oxygen atoms in total. The molecule has 0 bridgehead atoms. The van der Waals surface area contributed by atoms with E-state index in [1.165, 1.54) is 19.3 Å². The van der Waals surface area contributed by atoms with E-state index in [1.807, 2.05) is 49.6 Å². The highest BCUT2D eigenvalue weighted by Crippen LogP contribution is 2.31. The van der Waals surface area contributed by atoms with Crippen molar-refractivity contribution < 1.29 is 24.2 Å². The standard InChI is InChI=1S/C32H44N2O5S/c1-22-9-7-8-12-27(22)29-17-23(13-14-28(29)31(35)33-30(32(36)37)15-16-40-3)19-34-20-26(38-2)18-24(34)21-39-25-10-5-4-6-11-25/h7-9,12-14,17,24-26,30H,4-6,10-11,15-16,18-21H2,1-3H3,(H,33,35)(H,36,37)/t24-,26?,30?/m0/s1. The zero-order chi connectivity index (χ0) is 28.5. The highest BCUT2D eigenvalue weighted by molar-refractivity contribution is 7.98. The summed E-state index contributed by atoms with van der Waals surface area (Å²) < 4.78 is 12.1. The monoisotopic (exact) mass is 568 g/mol. The quantitative estimate of drug-likeness (QED) is 0.328. The van der Waals surface area contributed by atoms with Crippen molar-refractivity contribution >= 4 is 23.6 Å². The fraction of sp³-hybridized carbons (Fsp3) is 0.562. The molecule has 0 radical (unpaired) electrons. The summed E-state index contributed by atoms with van der Waals surface area (Å²) in [5.74, 6) is -0.720. The van der Waals surface area contributed by atoms with Gasteiger partial charge in [-0.15, -0.1) is 0 Å². The Morgan fingerprint density at radius 1 is 1.10 bits per heavy atom. The first-order valence-corrected chi connectivity index (χ1v) is 15.9. The largest absolute Gasteiger partial charge is 0.480 e. The molecule has 0 aromatic heterocycles. The van der Waals surface area contributed by atoms with Crippen LogP contribution in [0.3, 0.4) is 0 Å². The molecule has 1 saturated heterocycles. The average Bonchev–Trinajstić information content (AvgIpc) is 3.36. The second kappa shape index (κ2) is 15.0. The summed E-state index contributed by atoms with van der Waals surface area (Å²) in [5.41, 5.74) is 4.44. The SMILES string of the molecule is COC1C[C@@H](COC2CCCCC2)N(Cc2ccc(C(=O)NC(CCSC)C(=O)O)c(-c3ccccc3C)c2)C1. The predicted octanol–water partition coefficient (Wildman–Crippen LogP) is 5.54. The molecule has 0 spiro atoms. The first kappa shape index (κ1) is 30.6. The Morgan fingerprint density at radius 2 is 1.88 bits per heavy atom. The Bertz CT molecular complexity index is 1140. The molecule has 2 aromatic carbocycles. The van der Waals surface area contributed by atoms with E-state index in [0.717, 1.165) is 54.6 Å². The second-order valence-corrected chi connectivity index (χ2v) is 12.1. The molecule has 218 valence electrons. The molecule has 3 atom stereocenters. The van der Waals surface area contributed by atoms with Crippen LogP contribution in [0.1, 0.15) is 66.4 Å². The lowest BCUT2D eigenvalue weighted by Gasteiger charge is -2.28. The molecule has 8 heteroatoms. The number of amides is 1. The van der Waals surface area contributed by atoms with Gasteiger partial charge in [-0.2, -0.15) is 11.8 Å².